The van der Waals surface area contributed by atoms with Crippen LogP contribution in [0.2, 0.25) is 10.3 Å². The van der Waals surface area contributed by atoms with E-state index in [1.807, 2.05) is 7.05 Å². The summed E-state index contributed by atoms with van der Waals surface area (Å²) in [6.07, 6.45) is 2.63. The predicted octanol–water partition coefficient (Wildman–Crippen LogP) is 2.63. The Balaban J connectivity index is 2.15. The summed E-state index contributed by atoms with van der Waals surface area (Å²) < 4.78 is 0. The van der Waals surface area contributed by atoms with Gasteiger partial charge in [0.25, 0.3) is 0 Å². The van der Waals surface area contributed by atoms with Crippen molar-refractivity contribution in [1.29, 1.82) is 0 Å². The van der Waals surface area contributed by atoms with Crippen LogP contribution in [0.15, 0.2) is 6.07 Å². The molecule has 1 heterocycles. The lowest BCUT2D eigenvalue weighted by Gasteiger charge is -2.19. The normalized spacial score (nSPS) is 15.6. The van der Waals surface area contributed by atoms with Crippen LogP contribution in [0.25, 0.3) is 0 Å². The van der Waals surface area contributed by atoms with Gasteiger partial charge in [0.05, 0.1) is 5.69 Å². The third-order valence-corrected chi connectivity index (χ3v) is 2.79. The molecule has 1 aromatic rings. The zero-order valence-electron chi connectivity index (χ0n) is 7.87. The molecule has 76 valence electrons. The molecule has 0 atom stereocenters. The van der Waals surface area contributed by atoms with E-state index in [9.17, 15) is 0 Å². The summed E-state index contributed by atoms with van der Waals surface area (Å²) >= 11 is 11.7. The van der Waals surface area contributed by atoms with Crippen LogP contribution in [0.1, 0.15) is 12.8 Å². The van der Waals surface area contributed by atoms with Gasteiger partial charge < -0.3 is 4.90 Å². The smallest absolute Gasteiger partial charge is 0.175 e. The minimum absolute atomic E-state index is 0.382. The first-order valence-electron chi connectivity index (χ1n) is 4.56. The van der Waals surface area contributed by atoms with Gasteiger partial charge in [-0.05, 0) is 18.8 Å². The highest BCUT2D eigenvalue weighted by atomic mass is 35.5. The maximum absolute atomic E-state index is 5.92. The summed E-state index contributed by atoms with van der Waals surface area (Å²) in [5, 5.41) is 8.24. The van der Waals surface area contributed by atoms with Crippen LogP contribution in [0.3, 0.4) is 0 Å². The lowest BCUT2D eigenvalue weighted by atomic mass is 10.3. The standard InChI is InChI=1S/C9H11Cl2N3/c1-14(5-6-2-3-6)7-4-8(10)12-13-9(7)11/h4,6H,2-3,5H2,1H3. The summed E-state index contributed by atoms with van der Waals surface area (Å²) in [6.45, 7) is 1.02. The average Bonchev–Trinajstić information content (AvgIpc) is 2.93. The van der Waals surface area contributed by atoms with Gasteiger partial charge in [0, 0.05) is 19.7 Å². The van der Waals surface area contributed by atoms with Gasteiger partial charge in [-0.15, -0.1) is 10.2 Å². The van der Waals surface area contributed by atoms with Gasteiger partial charge >= 0.3 is 0 Å². The van der Waals surface area contributed by atoms with E-state index in [1.54, 1.807) is 6.07 Å². The molecule has 0 saturated heterocycles. The highest BCUT2D eigenvalue weighted by Gasteiger charge is 2.24. The first-order valence-corrected chi connectivity index (χ1v) is 5.32. The van der Waals surface area contributed by atoms with Gasteiger partial charge in [-0.25, -0.2) is 0 Å². The largest absolute Gasteiger partial charge is 0.372 e. The van der Waals surface area contributed by atoms with Crippen molar-refractivity contribution in [3.05, 3.63) is 16.4 Å². The number of hydrogen-bond donors (Lipinski definition) is 0. The van der Waals surface area contributed by atoms with E-state index in [0.29, 0.717) is 10.3 Å². The van der Waals surface area contributed by atoms with Gasteiger partial charge in [-0.3, -0.25) is 0 Å². The van der Waals surface area contributed by atoms with E-state index in [-0.39, 0.29) is 0 Å². The molecule has 5 heteroatoms. The van der Waals surface area contributed by atoms with Crippen LogP contribution in [-0.2, 0) is 0 Å². The molecular formula is C9H11Cl2N3. The summed E-state index contributed by atoms with van der Waals surface area (Å²) in [5.41, 5.74) is 0.860. The number of nitrogens with zero attached hydrogens (tertiary/aromatic N) is 3. The van der Waals surface area contributed by atoms with Gasteiger partial charge in [-0.1, -0.05) is 23.2 Å². The Morgan fingerprint density at radius 3 is 2.79 bits per heavy atom. The van der Waals surface area contributed by atoms with Crippen LogP contribution >= 0.6 is 23.2 Å². The molecule has 0 bridgehead atoms. The number of aromatic nitrogens is 2. The molecule has 1 fully saturated rings. The molecule has 0 radical (unpaired) electrons. The van der Waals surface area contributed by atoms with Gasteiger partial charge in [0.15, 0.2) is 10.3 Å². The van der Waals surface area contributed by atoms with Gasteiger partial charge in [0.1, 0.15) is 0 Å². The fourth-order valence-corrected chi connectivity index (χ4v) is 1.78. The molecule has 3 nitrogen and oxygen atoms in total. The fraction of sp³-hybridized carbons (Fsp3) is 0.556. The monoisotopic (exact) mass is 231 g/mol. The maximum Gasteiger partial charge on any atom is 0.175 e. The molecule has 1 saturated carbocycles. The molecule has 0 aromatic carbocycles. The van der Waals surface area contributed by atoms with Crippen LogP contribution in [-0.4, -0.2) is 23.8 Å². The van der Waals surface area contributed by atoms with Crippen molar-refractivity contribution in [2.75, 3.05) is 18.5 Å². The third kappa shape index (κ3) is 2.28. The second-order valence-corrected chi connectivity index (χ2v) is 4.41. The Labute approximate surface area is 93.0 Å². The second-order valence-electron chi connectivity index (χ2n) is 3.67. The zero-order chi connectivity index (χ0) is 10.1. The number of hydrogen-bond acceptors (Lipinski definition) is 3. The molecule has 2 rings (SSSR count). The summed E-state index contributed by atoms with van der Waals surface area (Å²) in [7, 11) is 2.00. The molecule has 0 aliphatic heterocycles. The molecular weight excluding hydrogens is 221 g/mol. The molecule has 1 aromatic heterocycles. The van der Waals surface area contributed by atoms with Crippen molar-refractivity contribution in [3.63, 3.8) is 0 Å². The van der Waals surface area contributed by atoms with Crippen molar-refractivity contribution in [1.82, 2.24) is 10.2 Å². The molecule has 0 N–H and O–H groups in total. The van der Waals surface area contributed by atoms with E-state index in [2.05, 4.69) is 15.1 Å². The topological polar surface area (TPSA) is 29.0 Å². The van der Waals surface area contributed by atoms with Crippen LogP contribution < -0.4 is 4.90 Å². The summed E-state index contributed by atoms with van der Waals surface area (Å²) in [4.78, 5) is 2.08. The SMILES string of the molecule is CN(CC1CC1)c1cc(Cl)nnc1Cl. The zero-order valence-corrected chi connectivity index (χ0v) is 9.39. The quantitative estimate of drug-likeness (QED) is 0.802. The fourth-order valence-electron chi connectivity index (χ4n) is 1.40. The third-order valence-electron chi connectivity index (χ3n) is 2.34. The lowest BCUT2D eigenvalue weighted by molar-refractivity contribution is 0.783. The summed E-state index contributed by atoms with van der Waals surface area (Å²) in [6, 6.07) is 1.75. The van der Waals surface area contributed by atoms with Crippen molar-refractivity contribution in [2.24, 2.45) is 5.92 Å². The average molecular weight is 232 g/mol. The minimum Gasteiger partial charge on any atom is -0.372 e. The molecule has 14 heavy (non-hydrogen) atoms. The highest BCUT2D eigenvalue weighted by Crippen LogP contribution is 2.32. The molecule has 0 spiro atoms. The Hall–Kier alpha value is -0.540. The first-order chi connectivity index (χ1) is 6.66. The van der Waals surface area contributed by atoms with Crippen molar-refractivity contribution in [3.8, 4) is 0 Å². The van der Waals surface area contributed by atoms with Crippen LogP contribution in [0, 0.1) is 5.92 Å². The summed E-state index contributed by atoms with van der Waals surface area (Å²) in [5.74, 6) is 0.808. The van der Waals surface area contributed by atoms with Crippen LogP contribution in [0.4, 0.5) is 5.69 Å². The molecule has 1 aliphatic carbocycles. The maximum atomic E-state index is 5.92. The van der Waals surface area contributed by atoms with E-state index < -0.39 is 0 Å². The second kappa shape index (κ2) is 3.91. The van der Waals surface area contributed by atoms with Crippen molar-refractivity contribution < 1.29 is 0 Å². The number of rotatable bonds is 3. The highest BCUT2D eigenvalue weighted by molar-refractivity contribution is 6.33. The predicted molar refractivity (Wildman–Crippen MR) is 58.0 cm³/mol. The van der Waals surface area contributed by atoms with Gasteiger partial charge in [0.2, 0.25) is 0 Å². The van der Waals surface area contributed by atoms with E-state index in [1.165, 1.54) is 12.8 Å². The Morgan fingerprint density at radius 2 is 2.14 bits per heavy atom. The van der Waals surface area contributed by atoms with Crippen molar-refractivity contribution in [2.45, 2.75) is 12.8 Å². The van der Waals surface area contributed by atoms with Gasteiger partial charge in [-0.2, -0.15) is 0 Å². The lowest BCUT2D eigenvalue weighted by Crippen LogP contribution is -2.20. The Kier molecular flexibility index (Phi) is 2.79. The van der Waals surface area contributed by atoms with Crippen molar-refractivity contribution >= 4 is 28.9 Å². The Bertz CT molecular complexity index is 339. The minimum atomic E-state index is 0.382. The Morgan fingerprint density at radius 1 is 1.43 bits per heavy atom. The van der Waals surface area contributed by atoms with E-state index >= 15 is 0 Å². The molecule has 0 amide bonds. The molecule has 0 unspecified atom stereocenters. The number of anilines is 1. The first kappa shape index (κ1) is 9.99. The van der Waals surface area contributed by atoms with E-state index in [0.717, 1.165) is 18.2 Å². The van der Waals surface area contributed by atoms with Crippen LogP contribution in [0.5, 0.6) is 0 Å². The number of halogens is 2. The molecule has 1 aliphatic rings. The van der Waals surface area contributed by atoms with E-state index in [4.69, 9.17) is 23.2 Å².